The molecule has 1 aromatic rings. The van der Waals surface area contributed by atoms with Crippen LogP contribution in [0.5, 0.6) is 0 Å². The molecule has 1 fully saturated rings. The second-order valence-corrected chi connectivity index (χ2v) is 8.33. The largest absolute Gasteiger partial charge is 0.450 e. The van der Waals surface area contributed by atoms with Crippen molar-refractivity contribution < 1.29 is 23.1 Å². The summed E-state index contributed by atoms with van der Waals surface area (Å²) in [5.74, 6) is -2.51. The SMILES string of the molecule is CCOC(=O)N[C@H]1CC[C@H](N/C(=N\C(=O)c2ccc(F)c(F)c2)NC(C)(C)C)CC1. The van der Waals surface area contributed by atoms with E-state index in [9.17, 15) is 18.4 Å². The van der Waals surface area contributed by atoms with Crippen molar-refractivity contribution in [1.82, 2.24) is 16.0 Å². The summed E-state index contributed by atoms with van der Waals surface area (Å²) in [5.41, 5.74) is -0.408. The predicted octanol–water partition coefficient (Wildman–Crippen LogP) is 3.50. The Labute approximate surface area is 175 Å². The van der Waals surface area contributed by atoms with Gasteiger partial charge in [0.25, 0.3) is 5.91 Å². The molecule has 2 rings (SSSR count). The van der Waals surface area contributed by atoms with Crippen molar-refractivity contribution in [3.8, 4) is 0 Å². The van der Waals surface area contributed by atoms with E-state index < -0.39 is 23.6 Å². The molecule has 9 heteroatoms. The molecular weight excluding hydrogens is 394 g/mol. The van der Waals surface area contributed by atoms with Crippen LogP contribution in [0.2, 0.25) is 0 Å². The van der Waals surface area contributed by atoms with Crippen molar-refractivity contribution in [2.24, 2.45) is 4.99 Å². The summed E-state index contributed by atoms with van der Waals surface area (Å²) in [5, 5.41) is 9.24. The minimum Gasteiger partial charge on any atom is -0.450 e. The number of nitrogens with one attached hydrogen (secondary N) is 3. The van der Waals surface area contributed by atoms with Gasteiger partial charge in [0, 0.05) is 23.2 Å². The van der Waals surface area contributed by atoms with Crippen LogP contribution >= 0.6 is 0 Å². The first-order valence-corrected chi connectivity index (χ1v) is 10.1. The molecule has 0 unspecified atom stereocenters. The van der Waals surface area contributed by atoms with Gasteiger partial charge in [0.05, 0.1) is 6.61 Å². The van der Waals surface area contributed by atoms with E-state index in [1.807, 2.05) is 20.8 Å². The molecule has 0 spiro atoms. The molecule has 0 radical (unpaired) electrons. The fraction of sp³-hybridized carbons (Fsp3) is 0.571. The molecule has 30 heavy (non-hydrogen) atoms. The predicted molar refractivity (Wildman–Crippen MR) is 110 cm³/mol. The number of amides is 2. The second kappa shape index (κ2) is 10.4. The Morgan fingerprint density at radius 2 is 1.67 bits per heavy atom. The van der Waals surface area contributed by atoms with Crippen LogP contribution in [0.1, 0.15) is 63.7 Å². The molecule has 166 valence electrons. The third-order valence-electron chi connectivity index (χ3n) is 4.54. The van der Waals surface area contributed by atoms with Gasteiger partial charge in [-0.3, -0.25) is 4.79 Å². The Hall–Kier alpha value is -2.71. The number of hydrogen-bond donors (Lipinski definition) is 3. The van der Waals surface area contributed by atoms with Crippen LogP contribution in [0.25, 0.3) is 0 Å². The maximum absolute atomic E-state index is 13.5. The van der Waals surface area contributed by atoms with Gasteiger partial charge >= 0.3 is 6.09 Å². The van der Waals surface area contributed by atoms with Gasteiger partial charge in [-0.15, -0.1) is 0 Å². The van der Waals surface area contributed by atoms with Gasteiger partial charge in [-0.05, 0) is 71.6 Å². The van der Waals surface area contributed by atoms with Crippen LogP contribution in [0.4, 0.5) is 13.6 Å². The fourth-order valence-corrected chi connectivity index (χ4v) is 3.16. The first-order chi connectivity index (χ1) is 14.1. The summed E-state index contributed by atoms with van der Waals surface area (Å²) < 4.78 is 31.5. The first-order valence-electron chi connectivity index (χ1n) is 10.1. The van der Waals surface area contributed by atoms with Gasteiger partial charge in [-0.2, -0.15) is 4.99 Å². The van der Waals surface area contributed by atoms with Crippen molar-refractivity contribution >= 4 is 18.0 Å². The molecule has 0 bridgehead atoms. The Morgan fingerprint density at radius 1 is 1.07 bits per heavy atom. The molecule has 0 aliphatic heterocycles. The number of carbonyl (C=O) groups excluding carboxylic acids is 2. The molecule has 0 saturated heterocycles. The van der Waals surface area contributed by atoms with Crippen molar-refractivity contribution in [3.05, 3.63) is 35.4 Å². The van der Waals surface area contributed by atoms with Crippen LogP contribution in [0.3, 0.4) is 0 Å². The molecule has 7 nitrogen and oxygen atoms in total. The monoisotopic (exact) mass is 424 g/mol. The smallest absolute Gasteiger partial charge is 0.407 e. The normalized spacial score (nSPS) is 19.7. The van der Waals surface area contributed by atoms with Crippen LogP contribution in [0.15, 0.2) is 23.2 Å². The number of benzene rings is 1. The quantitative estimate of drug-likeness (QED) is 0.508. The molecule has 2 amide bonds. The van der Waals surface area contributed by atoms with Crippen LogP contribution in [-0.4, -0.2) is 42.2 Å². The van der Waals surface area contributed by atoms with E-state index in [-0.39, 0.29) is 29.1 Å². The standard InChI is InChI=1S/C21H30F2N4O3/c1-5-30-20(29)25-15-9-7-14(8-10-15)24-19(27-21(2,3)4)26-18(28)13-6-11-16(22)17(23)12-13/h6,11-12,14-15H,5,7-10H2,1-4H3,(H,25,29)(H2,24,26,27,28)/t14-,15-. The summed E-state index contributed by atoms with van der Waals surface area (Å²) in [6.45, 7) is 7.85. The maximum atomic E-state index is 13.5. The Bertz CT molecular complexity index is 785. The summed E-state index contributed by atoms with van der Waals surface area (Å²) in [7, 11) is 0. The average Bonchev–Trinajstić information content (AvgIpc) is 2.64. The number of carbonyl (C=O) groups is 2. The van der Waals surface area contributed by atoms with Gasteiger partial charge in [-0.25, -0.2) is 13.6 Å². The molecule has 1 aromatic carbocycles. The van der Waals surface area contributed by atoms with Crippen molar-refractivity contribution in [1.29, 1.82) is 0 Å². The Kier molecular flexibility index (Phi) is 8.14. The van der Waals surface area contributed by atoms with Crippen LogP contribution in [-0.2, 0) is 4.74 Å². The molecular formula is C21H30F2N4O3. The van der Waals surface area contributed by atoms with Crippen molar-refractivity contribution in [2.75, 3.05) is 6.61 Å². The van der Waals surface area contributed by atoms with Crippen molar-refractivity contribution in [3.63, 3.8) is 0 Å². The van der Waals surface area contributed by atoms with Crippen LogP contribution < -0.4 is 16.0 Å². The molecule has 3 N–H and O–H groups in total. The van der Waals surface area contributed by atoms with E-state index in [0.29, 0.717) is 6.61 Å². The van der Waals surface area contributed by atoms with Gasteiger partial charge in [-0.1, -0.05) is 0 Å². The number of halogens is 2. The fourth-order valence-electron chi connectivity index (χ4n) is 3.16. The van der Waals surface area contributed by atoms with E-state index in [1.54, 1.807) is 6.92 Å². The second-order valence-electron chi connectivity index (χ2n) is 8.33. The summed E-state index contributed by atoms with van der Waals surface area (Å²) in [6.07, 6.45) is 2.64. The summed E-state index contributed by atoms with van der Waals surface area (Å²) in [4.78, 5) is 28.1. The molecule has 1 aliphatic carbocycles. The van der Waals surface area contributed by atoms with Gasteiger partial charge < -0.3 is 20.7 Å². The zero-order valence-electron chi connectivity index (χ0n) is 17.9. The molecule has 0 heterocycles. The van der Waals surface area contributed by atoms with Gasteiger partial charge in [0.2, 0.25) is 0 Å². The third kappa shape index (κ3) is 7.61. The average molecular weight is 424 g/mol. The molecule has 1 aliphatic rings. The lowest BCUT2D eigenvalue weighted by atomic mass is 9.91. The highest BCUT2D eigenvalue weighted by molar-refractivity contribution is 6.02. The van der Waals surface area contributed by atoms with E-state index in [0.717, 1.165) is 37.8 Å². The van der Waals surface area contributed by atoms with Gasteiger partial charge in [0.1, 0.15) is 0 Å². The first kappa shape index (κ1) is 23.6. The van der Waals surface area contributed by atoms with Crippen LogP contribution in [0, 0.1) is 11.6 Å². The topological polar surface area (TPSA) is 91.8 Å². The maximum Gasteiger partial charge on any atom is 0.407 e. The van der Waals surface area contributed by atoms with Crippen molar-refractivity contribution in [2.45, 2.75) is 71.0 Å². The summed E-state index contributed by atoms with van der Waals surface area (Å²) in [6, 6.07) is 3.03. The Balaban J connectivity index is 2.03. The third-order valence-corrected chi connectivity index (χ3v) is 4.54. The number of hydrogen-bond acceptors (Lipinski definition) is 3. The molecule has 0 atom stereocenters. The van der Waals surface area contributed by atoms with E-state index in [1.165, 1.54) is 6.07 Å². The zero-order chi connectivity index (χ0) is 22.3. The number of guanidine groups is 1. The Morgan fingerprint density at radius 3 is 2.20 bits per heavy atom. The summed E-state index contributed by atoms with van der Waals surface area (Å²) >= 11 is 0. The van der Waals surface area contributed by atoms with Gasteiger partial charge in [0.15, 0.2) is 17.6 Å². The lowest BCUT2D eigenvalue weighted by Crippen LogP contribution is -2.52. The number of nitrogens with zero attached hydrogens (tertiary/aromatic N) is 1. The minimum atomic E-state index is -1.10. The molecule has 0 aromatic heterocycles. The highest BCUT2D eigenvalue weighted by Gasteiger charge is 2.25. The highest BCUT2D eigenvalue weighted by atomic mass is 19.2. The number of aliphatic imine (C=N–C) groups is 1. The number of alkyl carbamates (subject to hydrolysis) is 1. The van der Waals surface area contributed by atoms with E-state index in [2.05, 4.69) is 20.9 Å². The highest BCUT2D eigenvalue weighted by Crippen LogP contribution is 2.19. The number of rotatable bonds is 4. The zero-order valence-corrected chi connectivity index (χ0v) is 17.9. The lowest BCUT2D eigenvalue weighted by molar-refractivity contribution is 0.100. The minimum absolute atomic E-state index is 0.0359. The van der Waals surface area contributed by atoms with E-state index in [4.69, 9.17) is 4.74 Å². The number of ether oxygens (including phenoxy) is 1. The lowest BCUT2D eigenvalue weighted by Gasteiger charge is -2.32. The molecule has 1 saturated carbocycles. The van der Waals surface area contributed by atoms with E-state index >= 15 is 0 Å².